The highest BCUT2D eigenvalue weighted by atomic mass is 19.4. The number of likely N-dealkylation sites (tertiary alicyclic amines) is 1. The molecule has 1 fully saturated rings. The molecule has 0 bridgehead atoms. The van der Waals surface area contributed by atoms with E-state index in [4.69, 9.17) is 0 Å². The van der Waals surface area contributed by atoms with Crippen molar-refractivity contribution in [3.63, 3.8) is 0 Å². The average molecular weight is 394 g/mol. The van der Waals surface area contributed by atoms with Crippen molar-refractivity contribution in [1.82, 2.24) is 10.2 Å². The van der Waals surface area contributed by atoms with Crippen LogP contribution < -0.4 is 5.32 Å². The van der Waals surface area contributed by atoms with Crippen LogP contribution in [0.4, 0.5) is 17.6 Å². The van der Waals surface area contributed by atoms with Crippen molar-refractivity contribution in [2.45, 2.75) is 25.7 Å². The summed E-state index contributed by atoms with van der Waals surface area (Å²) < 4.78 is 52.0. The van der Waals surface area contributed by atoms with Crippen LogP contribution in [-0.2, 0) is 28.9 Å². The molecule has 1 atom stereocenters. The molecule has 148 valence electrons. The molecule has 2 amide bonds. The molecule has 2 aromatic rings. The Balaban J connectivity index is 1.57. The highest BCUT2D eigenvalue weighted by molar-refractivity contribution is 5.89. The van der Waals surface area contributed by atoms with Gasteiger partial charge in [0.25, 0.3) is 0 Å². The van der Waals surface area contributed by atoms with Crippen LogP contribution in [0.3, 0.4) is 0 Å². The lowest BCUT2D eigenvalue weighted by Gasteiger charge is -2.17. The first kappa shape index (κ1) is 19.9. The molecule has 0 unspecified atom stereocenters. The van der Waals surface area contributed by atoms with Gasteiger partial charge >= 0.3 is 6.18 Å². The summed E-state index contributed by atoms with van der Waals surface area (Å²) >= 11 is 0. The van der Waals surface area contributed by atoms with Gasteiger partial charge in [0.05, 0.1) is 11.5 Å². The molecule has 2 aromatic carbocycles. The minimum absolute atomic E-state index is 0.0110. The molecule has 1 aliphatic rings. The number of rotatable bonds is 5. The summed E-state index contributed by atoms with van der Waals surface area (Å²) in [6.07, 6.45) is -4.46. The van der Waals surface area contributed by atoms with E-state index in [1.807, 2.05) is 0 Å². The molecule has 3 rings (SSSR count). The number of hydrogen-bond donors (Lipinski definition) is 1. The molecular formula is C20H18F4N2O2. The summed E-state index contributed by atoms with van der Waals surface area (Å²) in [5.41, 5.74) is -0.108. The summed E-state index contributed by atoms with van der Waals surface area (Å²) in [6.45, 7) is 0.144. The smallest absolute Gasteiger partial charge is 0.352 e. The molecule has 0 spiro atoms. The van der Waals surface area contributed by atoms with Gasteiger partial charge in [0.2, 0.25) is 11.8 Å². The van der Waals surface area contributed by atoms with Gasteiger partial charge in [0.15, 0.2) is 0 Å². The first-order chi connectivity index (χ1) is 13.2. The van der Waals surface area contributed by atoms with Crippen LogP contribution in [0.2, 0.25) is 0 Å². The molecule has 0 aliphatic carbocycles. The van der Waals surface area contributed by atoms with Crippen LogP contribution in [-0.4, -0.2) is 23.3 Å². The Kier molecular flexibility index (Phi) is 5.67. The predicted octanol–water partition coefficient (Wildman–Crippen LogP) is 3.51. The van der Waals surface area contributed by atoms with Gasteiger partial charge in [0.1, 0.15) is 5.82 Å². The van der Waals surface area contributed by atoms with Gasteiger partial charge in [-0.1, -0.05) is 30.3 Å². The lowest BCUT2D eigenvalue weighted by atomic mass is 10.1. The van der Waals surface area contributed by atoms with Gasteiger partial charge in [0, 0.05) is 31.6 Å². The quantitative estimate of drug-likeness (QED) is 0.789. The number of nitrogens with one attached hydrogen (secondary N) is 1. The monoisotopic (exact) mass is 394 g/mol. The fourth-order valence-corrected chi connectivity index (χ4v) is 3.12. The van der Waals surface area contributed by atoms with Crippen LogP contribution >= 0.6 is 0 Å². The number of nitrogens with zero attached hydrogens (tertiary/aromatic N) is 1. The summed E-state index contributed by atoms with van der Waals surface area (Å²) in [7, 11) is 0. The maximum Gasteiger partial charge on any atom is 0.416 e. The Labute approximate surface area is 159 Å². The van der Waals surface area contributed by atoms with Gasteiger partial charge in [-0.15, -0.1) is 0 Å². The van der Waals surface area contributed by atoms with Gasteiger partial charge in [-0.2, -0.15) is 13.2 Å². The molecule has 4 nitrogen and oxygen atoms in total. The van der Waals surface area contributed by atoms with Crippen molar-refractivity contribution < 1.29 is 27.2 Å². The maximum absolute atomic E-state index is 13.8. The molecule has 1 N–H and O–H groups in total. The molecule has 0 saturated carbocycles. The predicted molar refractivity (Wildman–Crippen MR) is 93.2 cm³/mol. The van der Waals surface area contributed by atoms with Gasteiger partial charge < -0.3 is 10.2 Å². The Morgan fingerprint density at radius 2 is 1.89 bits per heavy atom. The Hall–Kier alpha value is -2.90. The van der Waals surface area contributed by atoms with E-state index in [9.17, 15) is 27.2 Å². The standard InChI is InChI=1S/C20H18F4N2O2/c21-17-7-2-1-5-14(17)11-26-12-15(9-18(26)27)19(28)25-10-13-4-3-6-16(8-13)20(22,23)24/h1-8,15H,9-12H2,(H,25,28)/t15-/m1/s1. The molecule has 0 radical (unpaired) electrons. The summed E-state index contributed by atoms with van der Waals surface area (Å²) in [6, 6.07) is 10.8. The maximum atomic E-state index is 13.8. The zero-order valence-corrected chi connectivity index (χ0v) is 14.8. The van der Waals surface area contributed by atoms with E-state index in [2.05, 4.69) is 5.32 Å². The second-order valence-corrected chi connectivity index (χ2v) is 6.68. The molecule has 8 heteroatoms. The first-order valence-electron chi connectivity index (χ1n) is 8.69. The number of halogens is 4. The van der Waals surface area contributed by atoms with Crippen LogP contribution in [0.15, 0.2) is 48.5 Å². The zero-order valence-electron chi connectivity index (χ0n) is 14.8. The van der Waals surface area contributed by atoms with E-state index < -0.39 is 29.4 Å². The fourth-order valence-electron chi connectivity index (χ4n) is 3.12. The molecule has 1 saturated heterocycles. The average Bonchev–Trinajstić information content (AvgIpc) is 3.02. The number of benzene rings is 2. The van der Waals surface area contributed by atoms with Gasteiger partial charge in [-0.3, -0.25) is 9.59 Å². The lowest BCUT2D eigenvalue weighted by molar-refractivity contribution is -0.137. The third-order valence-corrected chi connectivity index (χ3v) is 4.63. The first-order valence-corrected chi connectivity index (χ1v) is 8.69. The number of alkyl halides is 3. The largest absolute Gasteiger partial charge is 0.416 e. The van der Waals surface area contributed by atoms with Gasteiger partial charge in [-0.25, -0.2) is 4.39 Å². The Morgan fingerprint density at radius 3 is 2.61 bits per heavy atom. The highest BCUT2D eigenvalue weighted by Crippen LogP contribution is 2.29. The third kappa shape index (κ3) is 4.68. The van der Waals surface area contributed by atoms with E-state index in [0.29, 0.717) is 11.1 Å². The van der Waals surface area contributed by atoms with Crippen molar-refractivity contribution in [1.29, 1.82) is 0 Å². The van der Waals surface area contributed by atoms with Crippen molar-refractivity contribution >= 4 is 11.8 Å². The van der Waals surface area contributed by atoms with Crippen LogP contribution in [0.25, 0.3) is 0 Å². The number of hydrogen-bond acceptors (Lipinski definition) is 2. The zero-order chi connectivity index (χ0) is 20.3. The minimum atomic E-state index is -4.45. The van der Waals surface area contributed by atoms with Crippen LogP contribution in [0, 0.1) is 11.7 Å². The fraction of sp³-hybridized carbons (Fsp3) is 0.300. The van der Waals surface area contributed by atoms with Crippen LogP contribution in [0.1, 0.15) is 23.1 Å². The summed E-state index contributed by atoms with van der Waals surface area (Å²) in [5.74, 6) is -1.72. The second kappa shape index (κ2) is 8.00. The Bertz CT molecular complexity index is 883. The lowest BCUT2D eigenvalue weighted by Crippen LogP contribution is -2.32. The Morgan fingerprint density at radius 1 is 1.14 bits per heavy atom. The molecule has 0 aromatic heterocycles. The highest BCUT2D eigenvalue weighted by Gasteiger charge is 2.34. The SMILES string of the molecule is O=C(NCc1cccc(C(F)(F)F)c1)[C@@H]1CC(=O)N(Cc2ccccc2F)C1. The molecule has 1 heterocycles. The number of carbonyl (C=O) groups excluding carboxylic acids is 2. The van der Waals surface area contributed by atoms with E-state index in [-0.39, 0.29) is 32.0 Å². The minimum Gasteiger partial charge on any atom is -0.352 e. The van der Waals surface area contributed by atoms with Crippen molar-refractivity contribution in [3.05, 3.63) is 71.0 Å². The van der Waals surface area contributed by atoms with E-state index in [1.54, 1.807) is 18.2 Å². The molecular weight excluding hydrogens is 376 g/mol. The van der Waals surface area contributed by atoms with E-state index >= 15 is 0 Å². The summed E-state index contributed by atoms with van der Waals surface area (Å²) in [5, 5.41) is 2.58. The van der Waals surface area contributed by atoms with E-state index in [1.165, 1.54) is 23.1 Å². The van der Waals surface area contributed by atoms with Crippen molar-refractivity contribution in [2.24, 2.45) is 5.92 Å². The third-order valence-electron chi connectivity index (χ3n) is 4.63. The second-order valence-electron chi connectivity index (χ2n) is 6.68. The summed E-state index contributed by atoms with van der Waals surface area (Å²) in [4.78, 5) is 25.9. The normalized spacial score (nSPS) is 17.1. The van der Waals surface area contributed by atoms with Gasteiger partial charge in [-0.05, 0) is 23.8 Å². The molecule has 28 heavy (non-hydrogen) atoms. The number of amides is 2. The van der Waals surface area contributed by atoms with Crippen LogP contribution in [0.5, 0.6) is 0 Å². The van der Waals surface area contributed by atoms with Crippen molar-refractivity contribution in [3.8, 4) is 0 Å². The van der Waals surface area contributed by atoms with E-state index in [0.717, 1.165) is 12.1 Å². The number of carbonyl (C=O) groups is 2. The molecule has 1 aliphatic heterocycles. The topological polar surface area (TPSA) is 49.4 Å². The van der Waals surface area contributed by atoms with Crippen molar-refractivity contribution in [2.75, 3.05) is 6.54 Å².